The molecule has 0 saturated carbocycles. The van der Waals surface area contributed by atoms with Crippen molar-refractivity contribution in [2.75, 3.05) is 12.3 Å². The molecule has 0 aromatic carbocycles. The molecule has 7 N–H and O–H groups in total. The molecule has 2 aromatic rings. The number of aliphatic hydroxyl groups excluding tert-OH is 4. The Morgan fingerprint density at radius 3 is 2.45 bits per heavy atom. The maximum Gasteiger partial charge on any atom is 0.184 e. The highest BCUT2D eigenvalue weighted by Gasteiger charge is 2.41. The Morgan fingerprint density at radius 2 is 1.95 bits per heavy atom. The molecule has 0 aliphatic carbocycles. The molecule has 1 fully saturated rings. The highest BCUT2D eigenvalue weighted by Crippen LogP contribution is 2.18. The van der Waals surface area contributed by atoms with Crippen LogP contribution in [0.25, 0.3) is 11.2 Å². The van der Waals surface area contributed by atoms with Crippen LogP contribution in [-0.4, -0.2) is 71.6 Å². The molecule has 20 heavy (non-hydrogen) atoms. The highest BCUT2D eigenvalue weighted by molar-refractivity contribution is 5.80. The van der Waals surface area contributed by atoms with Crippen molar-refractivity contribution in [3.8, 4) is 0 Å². The summed E-state index contributed by atoms with van der Waals surface area (Å²) in [4.78, 5) is 14.4. The van der Waals surface area contributed by atoms with E-state index in [4.69, 9.17) is 26.2 Å². The van der Waals surface area contributed by atoms with Gasteiger partial charge in [0.05, 0.1) is 12.9 Å². The molecule has 0 unspecified atom stereocenters. The molecule has 3 rings (SSSR count). The topological polar surface area (TPSA) is 171 Å². The third kappa shape index (κ3) is 2.84. The number of nitrogens with two attached hydrogens (primary N) is 1. The molecule has 1 saturated heterocycles. The summed E-state index contributed by atoms with van der Waals surface area (Å²) in [7, 11) is 0. The zero-order valence-electron chi connectivity index (χ0n) is 10.3. The molecule has 10 heteroatoms. The van der Waals surface area contributed by atoms with Crippen LogP contribution in [-0.2, 0) is 4.74 Å². The fourth-order valence-electron chi connectivity index (χ4n) is 1.66. The van der Waals surface area contributed by atoms with Gasteiger partial charge in [0.15, 0.2) is 17.8 Å². The van der Waals surface area contributed by atoms with Crippen molar-refractivity contribution in [1.29, 1.82) is 0 Å². The number of nitrogens with one attached hydrogen (secondary N) is 1. The number of aromatic nitrogens is 4. The van der Waals surface area contributed by atoms with E-state index in [0.717, 1.165) is 0 Å². The van der Waals surface area contributed by atoms with Crippen molar-refractivity contribution < 1.29 is 25.2 Å². The predicted molar refractivity (Wildman–Crippen MR) is 66.1 cm³/mol. The number of nitrogen functional groups attached to an aromatic ring is 1. The summed E-state index contributed by atoms with van der Waals surface area (Å²) in [5, 5.41) is 35.0. The van der Waals surface area contributed by atoms with Gasteiger partial charge in [0.25, 0.3) is 0 Å². The van der Waals surface area contributed by atoms with Crippen molar-refractivity contribution in [2.24, 2.45) is 0 Å². The van der Waals surface area contributed by atoms with Gasteiger partial charge >= 0.3 is 0 Å². The maximum atomic E-state index is 8.93. The van der Waals surface area contributed by atoms with Crippen LogP contribution in [0.4, 0.5) is 5.82 Å². The van der Waals surface area contributed by atoms with Gasteiger partial charge in [-0.1, -0.05) is 0 Å². The molecule has 0 bridgehead atoms. The predicted octanol–water partition coefficient (Wildman–Crippen LogP) is -2.65. The number of rotatable bonds is 1. The van der Waals surface area contributed by atoms with Crippen LogP contribution in [0.5, 0.6) is 0 Å². The minimum absolute atomic E-state index is 0.407. The van der Waals surface area contributed by atoms with E-state index in [-0.39, 0.29) is 0 Å². The molecule has 4 atom stereocenters. The molecule has 0 spiro atoms. The Hall–Kier alpha value is -1.85. The first-order valence-corrected chi connectivity index (χ1v) is 5.74. The van der Waals surface area contributed by atoms with Crippen LogP contribution in [0, 0.1) is 0 Å². The lowest BCUT2D eigenvalue weighted by molar-refractivity contribution is -0.132. The molecule has 1 aliphatic heterocycles. The standard InChI is InChI=1S/C5H5N5.C5H10O5/c6-4-3-5(9-1-7-3)10-2-8-4;6-1-2-3(7)4(8)5(9)10-2/h1-2H,(H3,6,7,8,9,10);2-9H,1H2/t;2-,3-,4+,5-/m.1/s1. The SMILES string of the molecule is Nc1ncnc2nc[nH]c12.OC[C@H]1O[C@@H](O)[C@@H](O)[C@@H]1O. The first-order chi connectivity index (χ1) is 9.54. The third-order valence-electron chi connectivity index (χ3n) is 2.77. The van der Waals surface area contributed by atoms with Gasteiger partial charge < -0.3 is 35.9 Å². The Kier molecular flexibility index (Phi) is 4.42. The fourth-order valence-corrected chi connectivity index (χ4v) is 1.66. The van der Waals surface area contributed by atoms with E-state index in [0.29, 0.717) is 17.0 Å². The quantitative estimate of drug-likeness (QED) is 0.327. The van der Waals surface area contributed by atoms with Crippen molar-refractivity contribution in [3.63, 3.8) is 0 Å². The number of anilines is 1. The molecule has 0 amide bonds. The number of hydrogen-bond acceptors (Lipinski definition) is 9. The average Bonchev–Trinajstić information content (AvgIpc) is 3.01. The maximum absolute atomic E-state index is 8.93. The number of nitrogens with zero attached hydrogens (tertiary/aromatic N) is 3. The van der Waals surface area contributed by atoms with E-state index in [1.165, 1.54) is 12.7 Å². The monoisotopic (exact) mass is 285 g/mol. The summed E-state index contributed by atoms with van der Waals surface area (Å²) in [5.74, 6) is 0.433. The van der Waals surface area contributed by atoms with E-state index in [2.05, 4.69) is 24.7 Å². The van der Waals surface area contributed by atoms with Crippen molar-refractivity contribution in [3.05, 3.63) is 12.7 Å². The van der Waals surface area contributed by atoms with Gasteiger partial charge in [-0.2, -0.15) is 0 Å². The average molecular weight is 285 g/mol. The second-order valence-corrected chi connectivity index (χ2v) is 4.09. The summed E-state index contributed by atoms with van der Waals surface area (Å²) in [6.07, 6.45) is -1.83. The van der Waals surface area contributed by atoms with Crippen LogP contribution in [0.2, 0.25) is 0 Å². The van der Waals surface area contributed by atoms with Gasteiger partial charge in [0.1, 0.15) is 30.2 Å². The number of hydrogen-bond donors (Lipinski definition) is 6. The van der Waals surface area contributed by atoms with Gasteiger partial charge in [-0.15, -0.1) is 0 Å². The Bertz CT molecular complexity index is 564. The van der Waals surface area contributed by atoms with E-state index in [1.54, 1.807) is 0 Å². The van der Waals surface area contributed by atoms with Crippen LogP contribution in [0.1, 0.15) is 0 Å². The minimum Gasteiger partial charge on any atom is -0.394 e. The zero-order chi connectivity index (χ0) is 14.7. The van der Waals surface area contributed by atoms with E-state index < -0.39 is 31.2 Å². The molecule has 10 nitrogen and oxygen atoms in total. The first kappa shape index (κ1) is 14.6. The Morgan fingerprint density at radius 1 is 1.20 bits per heavy atom. The molecule has 0 radical (unpaired) electrons. The van der Waals surface area contributed by atoms with Crippen molar-refractivity contribution >= 4 is 17.0 Å². The van der Waals surface area contributed by atoms with Crippen LogP contribution in [0.3, 0.4) is 0 Å². The summed E-state index contributed by atoms with van der Waals surface area (Å²) in [6, 6.07) is 0. The third-order valence-corrected chi connectivity index (χ3v) is 2.77. The molecule has 1 aliphatic rings. The fraction of sp³-hybridized carbons (Fsp3) is 0.500. The summed E-state index contributed by atoms with van der Waals surface area (Å²) >= 11 is 0. The van der Waals surface area contributed by atoms with Crippen molar-refractivity contribution in [2.45, 2.75) is 24.6 Å². The van der Waals surface area contributed by atoms with Gasteiger partial charge in [0, 0.05) is 0 Å². The molecule has 110 valence electrons. The summed E-state index contributed by atoms with van der Waals surface area (Å²) < 4.78 is 4.54. The summed E-state index contributed by atoms with van der Waals surface area (Å²) in [5.41, 5.74) is 6.78. The highest BCUT2D eigenvalue weighted by atomic mass is 16.6. The Balaban J connectivity index is 0.000000147. The smallest absolute Gasteiger partial charge is 0.184 e. The van der Waals surface area contributed by atoms with E-state index in [1.807, 2.05) is 0 Å². The van der Waals surface area contributed by atoms with Crippen molar-refractivity contribution in [1.82, 2.24) is 19.9 Å². The lowest BCUT2D eigenvalue weighted by Gasteiger charge is -2.09. The first-order valence-electron chi connectivity index (χ1n) is 5.74. The lowest BCUT2D eigenvalue weighted by atomic mass is 10.1. The molecule has 3 heterocycles. The van der Waals surface area contributed by atoms with Gasteiger partial charge in [-0.25, -0.2) is 15.0 Å². The molecule has 2 aromatic heterocycles. The second kappa shape index (κ2) is 6.07. The minimum atomic E-state index is -1.38. The second-order valence-electron chi connectivity index (χ2n) is 4.09. The number of aliphatic hydroxyl groups is 4. The zero-order valence-corrected chi connectivity index (χ0v) is 10.3. The van der Waals surface area contributed by atoms with Crippen LogP contribution >= 0.6 is 0 Å². The number of aromatic amines is 1. The molecular weight excluding hydrogens is 270 g/mol. The van der Waals surface area contributed by atoms with Gasteiger partial charge in [-0.05, 0) is 0 Å². The Labute approximate surface area is 112 Å². The summed E-state index contributed by atoms with van der Waals surface area (Å²) in [6.45, 7) is -0.407. The number of H-pyrrole nitrogens is 1. The van der Waals surface area contributed by atoms with E-state index >= 15 is 0 Å². The number of ether oxygens (including phenoxy) is 1. The molecular formula is C10H15N5O5. The number of fused-ring (bicyclic) bond motifs is 1. The lowest BCUT2D eigenvalue weighted by Crippen LogP contribution is -2.33. The normalized spacial score (nSPS) is 29.2. The van der Waals surface area contributed by atoms with E-state index in [9.17, 15) is 0 Å². The van der Waals surface area contributed by atoms with Crippen LogP contribution in [0.15, 0.2) is 12.7 Å². The number of imidazole rings is 1. The van der Waals surface area contributed by atoms with Crippen LogP contribution < -0.4 is 5.73 Å². The largest absolute Gasteiger partial charge is 0.394 e. The van der Waals surface area contributed by atoms with Gasteiger partial charge in [-0.3, -0.25) is 0 Å². The van der Waals surface area contributed by atoms with Gasteiger partial charge in [0.2, 0.25) is 0 Å².